The molecule has 3 N–H and O–H groups in total. The van der Waals surface area contributed by atoms with Gasteiger partial charge in [-0.25, -0.2) is 4.39 Å². The first-order valence-electron chi connectivity index (χ1n) is 15.4. The fraction of sp³-hybridized carbons (Fsp3) is 0.471. The van der Waals surface area contributed by atoms with Gasteiger partial charge in [0.05, 0.1) is 31.5 Å². The number of hydrogen-bond acceptors (Lipinski definition) is 8. The SMILES string of the molecule is COCCCN1CCOc2ccc(CO[C@H]3CNC[C@@H](N)[C@@H]3c3ccc(O[C@H]4CCN(c5cccc(F)c5)C4)cc3)cc21. The van der Waals surface area contributed by atoms with Gasteiger partial charge in [-0.1, -0.05) is 24.3 Å². The summed E-state index contributed by atoms with van der Waals surface area (Å²) < 4.78 is 37.7. The van der Waals surface area contributed by atoms with E-state index in [-0.39, 0.29) is 30.0 Å². The smallest absolute Gasteiger partial charge is 0.142 e. The standard InChI is InChI=1S/C34H43FN4O4/c1-40-16-3-13-38-15-17-41-32-11-6-24(18-31(32)38)23-42-33-21-37-20-30(36)34(33)25-7-9-28(10-8-25)43-29-12-14-39(22-29)27-5-2-4-26(35)19-27/h2,4-11,18-19,29-30,33-34,37H,3,12-17,20-23,36H2,1H3/t29-,30+,33-,34-/m0/s1. The van der Waals surface area contributed by atoms with Gasteiger partial charge in [-0.05, 0) is 60.0 Å². The van der Waals surface area contributed by atoms with Crippen molar-refractivity contribution in [2.24, 2.45) is 5.73 Å². The molecule has 8 nitrogen and oxygen atoms in total. The molecule has 3 aliphatic rings. The Morgan fingerprint density at radius 2 is 1.93 bits per heavy atom. The Hall–Kier alpha value is -3.37. The first-order chi connectivity index (χ1) is 21.1. The van der Waals surface area contributed by atoms with E-state index in [1.165, 1.54) is 6.07 Å². The molecule has 0 unspecified atom stereocenters. The van der Waals surface area contributed by atoms with Crippen molar-refractivity contribution in [2.75, 3.05) is 69.4 Å². The van der Waals surface area contributed by atoms with Gasteiger partial charge in [0.15, 0.2) is 0 Å². The normalized spacial score (nSPS) is 23.6. The van der Waals surface area contributed by atoms with Crippen molar-refractivity contribution in [1.82, 2.24) is 5.32 Å². The van der Waals surface area contributed by atoms with Gasteiger partial charge >= 0.3 is 0 Å². The largest absolute Gasteiger partial charge is 0.490 e. The molecule has 3 heterocycles. The number of fused-ring (bicyclic) bond motifs is 1. The number of halogens is 1. The van der Waals surface area contributed by atoms with Gasteiger partial charge in [-0.15, -0.1) is 0 Å². The number of piperidine rings is 1. The zero-order chi connectivity index (χ0) is 29.6. The lowest BCUT2D eigenvalue weighted by Crippen LogP contribution is -2.53. The lowest BCUT2D eigenvalue weighted by atomic mass is 9.84. The van der Waals surface area contributed by atoms with E-state index in [0.29, 0.717) is 13.2 Å². The van der Waals surface area contributed by atoms with Crippen LogP contribution in [-0.4, -0.2) is 77.8 Å². The Balaban J connectivity index is 1.07. The zero-order valence-corrected chi connectivity index (χ0v) is 24.9. The number of hydrogen-bond donors (Lipinski definition) is 2. The van der Waals surface area contributed by atoms with Crippen LogP contribution in [-0.2, 0) is 16.1 Å². The number of nitrogens with zero attached hydrogens (tertiary/aromatic N) is 2. The highest BCUT2D eigenvalue weighted by atomic mass is 19.1. The van der Waals surface area contributed by atoms with Gasteiger partial charge in [0.25, 0.3) is 0 Å². The highest BCUT2D eigenvalue weighted by Gasteiger charge is 2.33. The maximum atomic E-state index is 13.7. The van der Waals surface area contributed by atoms with E-state index < -0.39 is 0 Å². The van der Waals surface area contributed by atoms with Crippen LogP contribution in [0.1, 0.15) is 29.9 Å². The fourth-order valence-electron chi connectivity index (χ4n) is 6.48. The van der Waals surface area contributed by atoms with E-state index in [4.69, 9.17) is 24.7 Å². The quantitative estimate of drug-likeness (QED) is 0.320. The first kappa shape index (κ1) is 29.7. The van der Waals surface area contributed by atoms with Crippen LogP contribution in [0.15, 0.2) is 66.7 Å². The highest BCUT2D eigenvalue weighted by molar-refractivity contribution is 5.61. The molecule has 3 aromatic carbocycles. The lowest BCUT2D eigenvalue weighted by Gasteiger charge is -2.37. The van der Waals surface area contributed by atoms with E-state index in [9.17, 15) is 4.39 Å². The zero-order valence-electron chi connectivity index (χ0n) is 24.9. The third-order valence-corrected chi connectivity index (χ3v) is 8.70. The van der Waals surface area contributed by atoms with Crippen LogP contribution in [0.4, 0.5) is 15.8 Å². The van der Waals surface area contributed by atoms with Crippen LogP contribution < -0.4 is 30.3 Å². The summed E-state index contributed by atoms with van der Waals surface area (Å²) in [5.74, 6) is 1.61. The topological polar surface area (TPSA) is 81.5 Å². The average molecular weight is 591 g/mol. The van der Waals surface area contributed by atoms with Crippen LogP contribution in [0.2, 0.25) is 0 Å². The predicted octanol–water partition coefficient (Wildman–Crippen LogP) is 4.32. The molecular formula is C34H43FN4O4. The van der Waals surface area contributed by atoms with Gasteiger partial charge < -0.3 is 39.8 Å². The Morgan fingerprint density at radius 3 is 2.77 bits per heavy atom. The average Bonchev–Trinajstić information content (AvgIpc) is 3.49. The summed E-state index contributed by atoms with van der Waals surface area (Å²) in [5.41, 5.74) is 10.9. The van der Waals surface area contributed by atoms with E-state index in [1.54, 1.807) is 19.2 Å². The minimum atomic E-state index is -0.214. The Kier molecular flexibility index (Phi) is 9.63. The molecule has 4 atom stereocenters. The second kappa shape index (κ2) is 13.9. The third-order valence-electron chi connectivity index (χ3n) is 8.70. The molecule has 0 spiro atoms. The third kappa shape index (κ3) is 7.24. The van der Waals surface area contributed by atoms with Gasteiger partial charge in [-0.3, -0.25) is 0 Å². The molecule has 6 rings (SSSR count). The van der Waals surface area contributed by atoms with Gasteiger partial charge in [0.2, 0.25) is 0 Å². The van der Waals surface area contributed by atoms with E-state index in [1.807, 2.05) is 18.2 Å². The maximum Gasteiger partial charge on any atom is 0.142 e. The molecule has 3 aliphatic heterocycles. The molecule has 2 fully saturated rings. The van der Waals surface area contributed by atoms with Gasteiger partial charge in [0, 0.05) is 64.0 Å². The summed E-state index contributed by atoms with van der Waals surface area (Å²) in [4.78, 5) is 4.54. The molecule has 9 heteroatoms. The van der Waals surface area contributed by atoms with Crippen LogP contribution in [0.3, 0.4) is 0 Å². The molecule has 2 saturated heterocycles. The van der Waals surface area contributed by atoms with Crippen molar-refractivity contribution in [3.05, 3.63) is 83.7 Å². The molecule has 0 amide bonds. The molecule has 0 radical (unpaired) electrons. The van der Waals surface area contributed by atoms with E-state index in [2.05, 4.69) is 45.4 Å². The van der Waals surface area contributed by atoms with Crippen LogP contribution in [0.25, 0.3) is 0 Å². The summed E-state index contributed by atoms with van der Waals surface area (Å²) in [7, 11) is 1.74. The summed E-state index contributed by atoms with van der Waals surface area (Å²) >= 11 is 0. The molecule has 230 valence electrons. The molecule has 0 bridgehead atoms. The number of anilines is 2. The van der Waals surface area contributed by atoms with Gasteiger partial charge in [-0.2, -0.15) is 0 Å². The minimum absolute atomic E-state index is 0.0595. The molecule has 43 heavy (non-hydrogen) atoms. The van der Waals surface area contributed by atoms with Crippen molar-refractivity contribution in [3.63, 3.8) is 0 Å². The number of nitrogens with one attached hydrogen (secondary N) is 1. The molecule has 0 aliphatic carbocycles. The number of ether oxygens (including phenoxy) is 4. The Bertz CT molecular complexity index is 1340. The highest BCUT2D eigenvalue weighted by Crippen LogP contribution is 2.34. The van der Waals surface area contributed by atoms with Crippen molar-refractivity contribution in [3.8, 4) is 11.5 Å². The van der Waals surface area contributed by atoms with E-state index in [0.717, 1.165) is 92.7 Å². The Morgan fingerprint density at radius 1 is 1.05 bits per heavy atom. The second-order valence-corrected chi connectivity index (χ2v) is 11.7. The first-order valence-corrected chi connectivity index (χ1v) is 15.4. The minimum Gasteiger partial charge on any atom is -0.490 e. The fourth-order valence-corrected chi connectivity index (χ4v) is 6.48. The van der Waals surface area contributed by atoms with Crippen LogP contribution in [0, 0.1) is 5.82 Å². The Labute approximate surface area is 253 Å². The summed E-state index contributed by atoms with van der Waals surface area (Å²) in [6, 6.07) is 21.3. The number of rotatable bonds is 11. The van der Waals surface area contributed by atoms with E-state index >= 15 is 0 Å². The monoisotopic (exact) mass is 590 g/mol. The number of benzene rings is 3. The van der Waals surface area contributed by atoms with Crippen molar-refractivity contribution in [2.45, 2.75) is 43.6 Å². The van der Waals surface area contributed by atoms with Crippen molar-refractivity contribution >= 4 is 11.4 Å². The van der Waals surface area contributed by atoms with Crippen LogP contribution in [0.5, 0.6) is 11.5 Å². The number of methoxy groups -OCH3 is 1. The summed E-state index contributed by atoms with van der Waals surface area (Å²) in [6.45, 7) is 6.81. The van der Waals surface area contributed by atoms with Crippen molar-refractivity contribution in [1.29, 1.82) is 0 Å². The van der Waals surface area contributed by atoms with Gasteiger partial charge in [0.1, 0.15) is 30.0 Å². The number of nitrogens with two attached hydrogens (primary N) is 1. The predicted molar refractivity (Wildman–Crippen MR) is 167 cm³/mol. The van der Waals surface area contributed by atoms with Crippen LogP contribution >= 0.6 is 0 Å². The second-order valence-electron chi connectivity index (χ2n) is 11.7. The lowest BCUT2D eigenvalue weighted by molar-refractivity contribution is 0.00529. The van der Waals surface area contributed by atoms with Crippen molar-refractivity contribution < 1.29 is 23.3 Å². The molecule has 3 aromatic rings. The summed E-state index contributed by atoms with van der Waals surface area (Å²) in [5, 5.41) is 3.44. The molecular weight excluding hydrogens is 547 g/mol. The maximum absolute atomic E-state index is 13.7. The molecule has 0 saturated carbocycles. The molecule has 0 aromatic heterocycles. The summed E-state index contributed by atoms with van der Waals surface area (Å²) in [6.07, 6.45) is 1.87.